The largest absolute Gasteiger partial charge is 0.459 e. The number of ether oxygens (including phenoxy) is 1. The van der Waals surface area contributed by atoms with Gasteiger partial charge in [-0.25, -0.2) is 0 Å². The number of aliphatic hydroxyl groups is 1. The molecular formula is C9H18ClNO3. The first-order valence-electron chi connectivity index (χ1n) is 4.53. The van der Waals surface area contributed by atoms with E-state index in [0.29, 0.717) is 13.0 Å². The fourth-order valence-electron chi connectivity index (χ4n) is 1.27. The molecule has 0 spiro atoms. The fourth-order valence-corrected chi connectivity index (χ4v) is 1.27. The van der Waals surface area contributed by atoms with E-state index in [0.717, 1.165) is 0 Å². The van der Waals surface area contributed by atoms with Gasteiger partial charge in [-0.1, -0.05) is 0 Å². The van der Waals surface area contributed by atoms with Gasteiger partial charge in [0.05, 0.1) is 6.10 Å². The normalized spacial score (nSPS) is 26.9. The van der Waals surface area contributed by atoms with Gasteiger partial charge in [-0.2, -0.15) is 0 Å². The van der Waals surface area contributed by atoms with Crippen molar-refractivity contribution in [2.24, 2.45) is 0 Å². The molecule has 84 valence electrons. The minimum absolute atomic E-state index is 0. The monoisotopic (exact) mass is 223 g/mol. The first-order chi connectivity index (χ1) is 5.88. The van der Waals surface area contributed by atoms with Gasteiger partial charge in [0.25, 0.3) is 0 Å². The van der Waals surface area contributed by atoms with Gasteiger partial charge in [-0.15, -0.1) is 12.4 Å². The molecule has 1 rings (SSSR count). The average molecular weight is 224 g/mol. The fraction of sp³-hybridized carbons (Fsp3) is 0.889. The SMILES string of the molecule is CC(C)(C)OC(=O)[C@@H]1C[C@H](O)CN1.Cl. The number of hydrogen-bond acceptors (Lipinski definition) is 4. The summed E-state index contributed by atoms with van der Waals surface area (Å²) in [5.74, 6) is -0.274. The minimum atomic E-state index is -0.452. The third kappa shape index (κ3) is 4.26. The lowest BCUT2D eigenvalue weighted by Crippen LogP contribution is -2.37. The molecular weight excluding hydrogens is 206 g/mol. The summed E-state index contributed by atoms with van der Waals surface area (Å²) in [5, 5.41) is 12.1. The van der Waals surface area contributed by atoms with Gasteiger partial charge in [-0.05, 0) is 20.8 Å². The number of rotatable bonds is 1. The molecule has 0 radical (unpaired) electrons. The molecule has 0 amide bonds. The molecule has 0 unspecified atom stereocenters. The maximum atomic E-state index is 11.4. The standard InChI is InChI=1S/C9H17NO3.ClH/c1-9(2,3)13-8(12)7-4-6(11)5-10-7;/h6-7,10-11H,4-5H2,1-3H3;1H/t6-,7-;/m0./s1. The molecule has 0 bridgehead atoms. The highest BCUT2D eigenvalue weighted by atomic mass is 35.5. The number of hydrogen-bond donors (Lipinski definition) is 2. The van der Waals surface area contributed by atoms with Gasteiger partial charge in [0.2, 0.25) is 0 Å². The predicted octanol–water partition coefficient (Wildman–Crippen LogP) is 0.473. The number of halogens is 1. The Morgan fingerprint density at radius 3 is 2.43 bits per heavy atom. The van der Waals surface area contributed by atoms with Crippen LogP contribution in [0.5, 0.6) is 0 Å². The summed E-state index contributed by atoms with van der Waals surface area (Å²) in [7, 11) is 0. The van der Waals surface area contributed by atoms with Crippen LogP contribution in [0.1, 0.15) is 27.2 Å². The van der Waals surface area contributed by atoms with Crippen molar-refractivity contribution >= 4 is 18.4 Å². The molecule has 4 nitrogen and oxygen atoms in total. The highest BCUT2D eigenvalue weighted by molar-refractivity contribution is 5.85. The summed E-state index contributed by atoms with van der Waals surface area (Å²) in [6, 6.07) is -0.339. The van der Waals surface area contributed by atoms with Crippen molar-refractivity contribution in [1.82, 2.24) is 5.32 Å². The van der Waals surface area contributed by atoms with E-state index in [2.05, 4.69) is 5.32 Å². The van der Waals surface area contributed by atoms with Crippen molar-refractivity contribution in [1.29, 1.82) is 0 Å². The lowest BCUT2D eigenvalue weighted by Gasteiger charge is -2.21. The second-order valence-electron chi connectivity index (χ2n) is 4.38. The molecule has 5 heteroatoms. The second kappa shape index (κ2) is 4.96. The van der Waals surface area contributed by atoms with E-state index in [1.54, 1.807) is 0 Å². The Hall–Kier alpha value is -0.320. The third-order valence-electron chi connectivity index (χ3n) is 1.80. The van der Waals surface area contributed by atoms with Crippen LogP contribution in [0.2, 0.25) is 0 Å². The molecule has 1 aliphatic heterocycles. The summed E-state index contributed by atoms with van der Waals surface area (Å²) < 4.78 is 5.16. The summed E-state index contributed by atoms with van der Waals surface area (Å²) in [6.45, 7) is 5.97. The van der Waals surface area contributed by atoms with Crippen LogP contribution in [0.25, 0.3) is 0 Å². The topological polar surface area (TPSA) is 58.6 Å². The molecule has 0 saturated carbocycles. The van der Waals surface area contributed by atoms with Crippen molar-refractivity contribution in [2.45, 2.75) is 44.9 Å². The summed E-state index contributed by atoms with van der Waals surface area (Å²) in [4.78, 5) is 11.4. The number of nitrogens with one attached hydrogen (secondary N) is 1. The number of carbonyl (C=O) groups is 1. The Balaban J connectivity index is 0.00000169. The second-order valence-corrected chi connectivity index (χ2v) is 4.38. The Kier molecular flexibility index (Phi) is 4.84. The van der Waals surface area contributed by atoms with Gasteiger partial charge >= 0.3 is 5.97 Å². The van der Waals surface area contributed by atoms with E-state index in [1.807, 2.05) is 20.8 Å². The Bertz CT molecular complexity index is 203. The summed E-state index contributed by atoms with van der Waals surface area (Å²) in [6.07, 6.45) is 0.0343. The van der Waals surface area contributed by atoms with Crippen LogP contribution in [0, 0.1) is 0 Å². The van der Waals surface area contributed by atoms with Gasteiger partial charge in [0, 0.05) is 13.0 Å². The Labute approximate surface area is 90.4 Å². The first-order valence-corrected chi connectivity index (χ1v) is 4.53. The lowest BCUT2D eigenvalue weighted by atomic mass is 10.1. The third-order valence-corrected chi connectivity index (χ3v) is 1.80. The molecule has 1 heterocycles. The van der Waals surface area contributed by atoms with Crippen LogP contribution >= 0.6 is 12.4 Å². The predicted molar refractivity (Wildman–Crippen MR) is 55.5 cm³/mol. The summed E-state index contributed by atoms with van der Waals surface area (Å²) >= 11 is 0. The Morgan fingerprint density at radius 1 is 1.50 bits per heavy atom. The van der Waals surface area contributed by atoms with Crippen molar-refractivity contribution in [3.05, 3.63) is 0 Å². The minimum Gasteiger partial charge on any atom is -0.459 e. The van der Waals surface area contributed by atoms with Gasteiger partial charge in [0.15, 0.2) is 0 Å². The van der Waals surface area contributed by atoms with Crippen LogP contribution in [0.3, 0.4) is 0 Å². The smallest absolute Gasteiger partial charge is 0.323 e. The molecule has 2 N–H and O–H groups in total. The summed E-state index contributed by atoms with van der Waals surface area (Å²) in [5.41, 5.74) is -0.452. The molecule has 2 atom stereocenters. The number of β-amino-alcohol motifs (C(OH)–C–C–N with tert-alkyl or cyclic N) is 1. The quantitative estimate of drug-likeness (QED) is 0.635. The van der Waals surface area contributed by atoms with E-state index in [9.17, 15) is 9.90 Å². The molecule has 1 aliphatic rings. The zero-order valence-corrected chi connectivity index (χ0v) is 9.56. The van der Waals surface area contributed by atoms with E-state index < -0.39 is 11.7 Å². The number of aliphatic hydroxyl groups excluding tert-OH is 1. The van der Waals surface area contributed by atoms with Crippen LogP contribution < -0.4 is 5.32 Å². The Morgan fingerprint density at radius 2 is 2.07 bits per heavy atom. The lowest BCUT2D eigenvalue weighted by molar-refractivity contribution is -0.157. The van der Waals surface area contributed by atoms with Crippen LogP contribution in [0.4, 0.5) is 0 Å². The highest BCUT2D eigenvalue weighted by Crippen LogP contribution is 2.13. The van der Waals surface area contributed by atoms with E-state index in [1.165, 1.54) is 0 Å². The number of esters is 1. The van der Waals surface area contributed by atoms with Crippen LogP contribution in [0.15, 0.2) is 0 Å². The van der Waals surface area contributed by atoms with Gasteiger partial charge in [-0.3, -0.25) is 4.79 Å². The van der Waals surface area contributed by atoms with Crippen molar-refractivity contribution < 1.29 is 14.6 Å². The first kappa shape index (κ1) is 13.7. The maximum absolute atomic E-state index is 11.4. The van der Waals surface area contributed by atoms with Gasteiger partial charge < -0.3 is 15.2 Å². The maximum Gasteiger partial charge on any atom is 0.323 e. The van der Waals surface area contributed by atoms with Crippen molar-refractivity contribution in [2.75, 3.05) is 6.54 Å². The van der Waals surface area contributed by atoms with Crippen LogP contribution in [-0.2, 0) is 9.53 Å². The number of carbonyl (C=O) groups excluding carboxylic acids is 1. The average Bonchev–Trinajstić information content (AvgIpc) is 2.31. The zero-order chi connectivity index (χ0) is 10.1. The molecule has 1 saturated heterocycles. The van der Waals surface area contributed by atoms with E-state index in [4.69, 9.17) is 4.74 Å². The van der Waals surface area contributed by atoms with Crippen LogP contribution in [-0.4, -0.2) is 35.4 Å². The molecule has 14 heavy (non-hydrogen) atoms. The molecule has 1 fully saturated rings. The zero-order valence-electron chi connectivity index (χ0n) is 8.74. The van der Waals surface area contributed by atoms with Gasteiger partial charge in [0.1, 0.15) is 11.6 Å². The molecule has 0 aromatic heterocycles. The van der Waals surface area contributed by atoms with Crippen molar-refractivity contribution in [3.63, 3.8) is 0 Å². The van der Waals surface area contributed by atoms with E-state index >= 15 is 0 Å². The van der Waals surface area contributed by atoms with E-state index in [-0.39, 0.29) is 24.4 Å². The molecule has 0 aromatic rings. The molecule has 0 aliphatic carbocycles. The van der Waals surface area contributed by atoms with Crippen molar-refractivity contribution in [3.8, 4) is 0 Å². The molecule has 0 aromatic carbocycles. The highest BCUT2D eigenvalue weighted by Gasteiger charge is 2.31.